The first kappa shape index (κ1) is 85.5. The van der Waals surface area contributed by atoms with Crippen LogP contribution in [0.3, 0.4) is 0 Å². The van der Waals surface area contributed by atoms with Crippen molar-refractivity contribution < 1.29 is 97.4 Å². The Kier molecular flexibility index (Phi) is 29.1. The van der Waals surface area contributed by atoms with Crippen LogP contribution in [0.15, 0.2) is 48.6 Å². The highest BCUT2D eigenvalue weighted by Crippen LogP contribution is 2.39. The van der Waals surface area contributed by atoms with Crippen LogP contribution in [0, 0.1) is 23.5 Å². The molecule has 107 heavy (non-hydrogen) atoms. The summed E-state index contributed by atoms with van der Waals surface area (Å²) < 4.78 is 120. The Hall–Kier alpha value is -8.78. The first-order valence-corrected chi connectivity index (χ1v) is 36.5. The summed E-state index contributed by atoms with van der Waals surface area (Å²) in [4.78, 5) is 190. The van der Waals surface area contributed by atoms with Crippen LogP contribution in [0.5, 0.6) is 0 Å². The average Bonchev–Trinajstić information content (AvgIpc) is 1.70. The van der Waals surface area contributed by atoms with E-state index < -0.39 is 222 Å². The van der Waals surface area contributed by atoms with E-state index in [4.69, 9.17) is 4.74 Å². The molecule has 4 fully saturated rings. The minimum absolute atomic E-state index is 0.0161. The first-order valence-electron chi connectivity index (χ1n) is 36.5. The van der Waals surface area contributed by atoms with Gasteiger partial charge in [0.25, 0.3) is 0 Å². The predicted molar refractivity (Wildman–Crippen MR) is 374 cm³/mol. The third kappa shape index (κ3) is 20.3. The second kappa shape index (κ2) is 36.4. The standard InChI is InChI=1S/C74H102F8N12O13/c1-13-43(4)61-69(104)88(8)42-59(97)90(10)53-25-17-16-22-34-93(68(53)103)56(37-44-26-29-47(30-27-44)73(77,78)79)67(102)87(7)41-57(95)83-51(31-28-45-35-49(75)60(50(76)36-45)74(80,81)82)65(100)94-40-48(107-15-3)38-54(94)64(99)85-72(32-20-21-33-72)71(106)92(12)62(46-23-18-19-24-46)70(105)91(11)55(66(101)86(5)6)39-58(96)89(9)52(14-2)63(98)84-61/h16-17,26-27,29-30,35-36,43,46,48,51-56,61-62H,13-15,18-25,28,31-34,37-42H2,1-12H3,(H,83,95)(H,84,98)(H,85,99)/b17-16-/t43-,48+,51-,52-,53-,54-,55-,56-,61-,62-/m0/s1. The molecule has 2 bridgehead atoms. The number of ether oxygens (including phenoxy) is 1. The summed E-state index contributed by atoms with van der Waals surface area (Å²) in [5, 5.41) is 8.27. The van der Waals surface area contributed by atoms with E-state index in [1.54, 1.807) is 39.8 Å². The van der Waals surface area contributed by atoms with Gasteiger partial charge in [0.1, 0.15) is 71.1 Å². The van der Waals surface area contributed by atoms with Gasteiger partial charge in [-0.05, 0) is 112 Å². The van der Waals surface area contributed by atoms with Gasteiger partial charge in [0, 0.05) is 88.9 Å². The van der Waals surface area contributed by atoms with Gasteiger partial charge >= 0.3 is 12.4 Å². The van der Waals surface area contributed by atoms with Crippen LogP contribution < -0.4 is 16.0 Å². The number of aryl methyl sites for hydroxylation is 1. The van der Waals surface area contributed by atoms with Crippen molar-refractivity contribution in [3.05, 3.63) is 82.4 Å². The van der Waals surface area contributed by atoms with Crippen LogP contribution in [-0.2, 0) is 87.5 Å². The van der Waals surface area contributed by atoms with Gasteiger partial charge in [-0.15, -0.1) is 0 Å². The van der Waals surface area contributed by atoms with Crippen molar-refractivity contribution in [3.8, 4) is 0 Å². The number of fused-ring (bicyclic) bond motifs is 3. The largest absolute Gasteiger partial charge is 0.422 e. The number of benzene rings is 2. The van der Waals surface area contributed by atoms with Crippen molar-refractivity contribution in [2.45, 2.75) is 209 Å². The van der Waals surface area contributed by atoms with Crippen LogP contribution in [0.2, 0.25) is 0 Å². The molecule has 2 aliphatic carbocycles. The van der Waals surface area contributed by atoms with E-state index in [1.165, 1.54) is 59.1 Å². The molecular weight excluding hydrogens is 1420 g/mol. The molecule has 2 saturated carbocycles. The number of carbonyl (C=O) groups is 12. The highest BCUT2D eigenvalue weighted by atomic mass is 19.4. The molecule has 0 unspecified atom stereocenters. The lowest BCUT2D eigenvalue weighted by molar-refractivity contribution is -0.156. The van der Waals surface area contributed by atoms with Crippen molar-refractivity contribution in [3.63, 3.8) is 0 Å². The SMILES string of the molecule is CCO[C@@H]1C[C@H]2C(=O)NC3(CCCC3)C(=O)N(C)[C@@H](C3CCCC3)C(=O)N(C)[C@H](C(=O)N(C)C)CC(=O)N(C)[C@@H](CC)C(=O)N[C@@H]([C@@H](C)CC)C(=O)N(C)CC(=O)N(C)[C@H]3C/C=C\CCN(C3=O)[C@@H](Cc3ccc(C(F)(F)F)cc3)C(=O)N(C)CC(=O)N[C@@H](CCc3cc(F)c(C(F)(F)F)c(F)c3)C(=O)N2C1. The number of carbonyl (C=O) groups excluding carboxylic acids is 12. The molecule has 33 heteroatoms. The highest BCUT2D eigenvalue weighted by molar-refractivity contribution is 6.01. The molecule has 10 atom stereocenters. The van der Waals surface area contributed by atoms with Crippen molar-refractivity contribution >= 4 is 70.9 Å². The monoisotopic (exact) mass is 1520 g/mol. The summed E-state index contributed by atoms with van der Waals surface area (Å²) in [7, 11) is 10.6. The van der Waals surface area contributed by atoms with Gasteiger partial charge in [0.05, 0.1) is 31.2 Å². The second-order valence-electron chi connectivity index (χ2n) is 29.1. The number of rotatable bonds is 12. The first-order chi connectivity index (χ1) is 50.2. The molecule has 3 aliphatic heterocycles. The molecular formula is C74H102F8N12O13. The molecule has 2 saturated heterocycles. The molecule has 3 heterocycles. The molecule has 0 aromatic heterocycles. The number of hydrogen-bond acceptors (Lipinski definition) is 13. The van der Waals surface area contributed by atoms with Crippen molar-refractivity contribution in [1.29, 1.82) is 0 Å². The predicted octanol–water partition coefficient (Wildman–Crippen LogP) is 5.49. The fourth-order valence-corrected chi connectivity index (χ4v) is 15.2. The van der Waals surface area contributed by atoms with Gasteiger partial charge in [0.15, 0.2) is 0 Å². The molecule has 592 valence electrons. The molecule has 2 aromatic carbocycles. The summed E-state index contributed by atoms with van der Waals surface area (Å²) in [6.45, 7) is 4.52. The zero-order valence-electron chi connectivity index (χ0n) is 62.9. The Labute approximate surface area is 618 Å². The van der Waals surface area contributed by atoms with Crippen LogP contribution in [0.4, 0.5) is 35.1 Å². The summed E-state index contributed by atoms with van der Waals surface area (Å²) in [5.41, 5.74) is -5.27. The van der Waals surface area contributed by atoms with Crippen LogP contribution in [0.25, 0.3) is 0 Å². The summed E-state index contributed by atoms with van der Waals surface area (Å²) >= 11 is 0. The number of halogens is 8. The maximum Gasteiger partial charge on any atom is 0.422 e. The Balaban J connectivity index is 1.35. The Morgan fingerprint density at radius 2 is 1.28 bits per heavy atom. The van der Waals surface area contributed by atoms with E-state index in [0.29, 0.717) is 57.1 Å². The molecule has 7 rings (SSSR count). The minimum Gasteiger partial charge on any atom is -0.377 e. The second-order valence-corrected chi connectivity index (χ2v) is 29.1. The normalized spacial score (nSPS) is 26.3. The van der Waals surface area contributed by atoms with E-state index in [0.717, 1.165) is 65.6 Å². The summed E-state index contributed by atoms with van der Waals surface area (Å²) in [5.74, 6) is -15.1. The van der Waals surface area contributed by atoms with Crippen molar-refractivity contribution in [2.75, 3.05) is 89.2 Å². The van der Waals surface area contributed by atoms with Crippen LogP contribution in [0.1, 0.15) is 146 Å². The van der Waals surface area contributed by atoms with Gasteiger partial charge in [-0.1, -0.05) is 77.2 Å². The third-order valence-corrected chi connectivity index (χ3v) is 21.7. The number of nitrogens with zero attached hydrogens (tertiary/aromatic N) is 9. The lowest BCUT2D eigenvalue weighted by Crippen LogP contribution is -2.65. The maximum atomic E-state index is 15.6. The zero-order valence-corrected chi connectivity index (χ0v) is 62.9. The lowest BCUT2D eigenvalue weighted by Gasteiger charge is -2.42. The van der Waals surface area contributed by atoms with E-state index in [-0.39, 0.29) is 63.8 Å². The fraction of sp³-hybridized carbons (Fsp3) is 0.649. The Morgan fingerprint density at radius 1 is 0.664 bits per heavy atom. The molecule has 0 radical (unpaired) electrons. The molecule has 25 nitrogen and oxygen atoms in total. The topological polar surface area (TPSA) is 279 Å². The molecule has 5 aliphatic rings. The number of nitrogens with one attached hydrogen (secondary N) is 3. The highest BCUT2D eigenvalue weighted by Gasteiger charge is 2.53. The summed E-state index contributed by atoms with van der Waals surface area (Å²) in [6, 6.07) is -7.30. The quantitative estimate of drug-likeness (QED) is 0.175. The van der Waals surface area contributed by atoms with Crippen LogP contribution >= 0.6 is 0 Å². The number of likely N-dealkylation sites (N-methyl/N-ethyl adjacent to an activating group) is 7. The molecule has 12 amide bonds. The smallest absolute Gasteiger partial charge is 0.377 e. The van der Waals surface area contributed by atoms with Gasteiger partial charge in [-0.25, -0.2) is 8.78 Å². The molecule has 3 N–H and O–H groups in total. The lowest BCUT2D eigenvalue weighted by atomic mass is 9.90. The van der Waals surface area contributed by atoms with E-state index in [2.05, 4.69) is 16.0 Å². The maximum absolute atomic E-state index is 15.6. The van der Waals surface area contributed by atoms with Crippen LogP contribution in [-0.4, -0.2) is 264 Å². The molecule has 1 spiro atoms. The van der Waals surface area contributed by atoms with E-state index >= 15 is 37.5 Å². The zero-order chi connectivity index (χ0) is 79.5. The van der Waals surface area contributed by atoms with E-state index in [9.17, 15) is 55.1 Å². The minimum atomic E-state index is -5.46. The number of amides is 12. The number of alkyl halides is 6. The third-order valence-electron chi connectivity index (χ3n) is 21.7. The van der Waals surface area contributed by atoms with Gasteiger partial charge in [-0.2, -0.15) is 26.3 Å². The van der Waals surface area contributed by atoms with Gasteiger partial charge in [-0.3, -0.25) is 57.5 Å². The van der Waals surface area contributed by atoms with Crippen molar-refractivity contribution in [2.24, 2.45) is 11.8 Å². The van der Waals surface area contributed by atoms with E-state index in [1.807, 2.05) is 0 Å². The van der Waals surface area contributed by atoms with Gasteiger partial charge in [0.2, 0.25) is 70.9 Å². The fourth-order valence-electron chi connectivity index (χ4n) is 15.2. The Bertz CT molecular complexity index is 3600. The average molecular weight is 1520 g/mol. The Morgan fingerprint density at radius 3 is 1.85 bits per heavy atom. The van der Waals surface area contributed by atoms with Crippen molar-refractivity contribution in [1.82, 2.24) is 60.0 Å². The van der Waals surface area contributed by atoms with Gasteiger partial charge < -0.3 is 64.8 Å². The molecule has 2 aromatic rings. The summed E-state index contributed by atoms with van der Waals surface area (Å²) in [6.07, 6.45) is -7.10. The number of hydrogen-bond donors (Lipinski definition) is 3.